The van der Waals surface area contributed by atoms with Crippen LogP contribution in [-0.4, -0.2) is 45.5 Å². The Balaban J connectivity index is 1.19. The van der Waals surface area contributed by atoms with Gasteiger partial charge in [0.1, 0.15) is 5.82 Å². The van der Waals surface area contributed by atoms with Crippen LogP contribution in [0, 0.1) is 12.7 Å². The average Bonchev–Trinajstić information content (AvgIpc) is 2.91. The summed E-state index contributed by atoms with van der Waals surface area (Å²) in [5.74, 6) is 0.296. The smallest absolute Gasteiger partial charge is 0.268 e. The molecule has 0 aliphatic carbocycles. The molecule has 0 spiro atoms. The molecule has 4 aromatic rings. The minimum absolute atomic E-state index is 0.298. The van der Waals surface area contributed by atoms with E-state index in [0.717, 1.165) is 59.7 Å². The molecule has 0 bridgehead atoms. The van der Waals surface area contributed by atoms with Crippen molar-refractivity contribution < 1.29 is 13.9 Å². The standard InChI is InChI=1S/C31H31ClFN5O2/c1-18-24-14-20(25-15-22(33)16-27-28(25)40-31(2,3)29(39)36-27)6-9-26(24)37-30(34-18)35-23-10-12-38(13-11-23)17-19-4-7-21(32)8-5-19/h4-9,14-16,23H,10-13,17H2,1-3H3,(H,36,39)(H,34,35,37). The van der Waals surface area contributed by atoms with E-state index in [2.05, 4.69) is 27.7 Å². The minimum Gasteiger partial charge on any atom is -0.475 e. The quantitative estimate of drug-likeness (QED) is 0.287. The molecule has 1 amide bonds. The number of hydrogen-bond donors (Lipinski definition) is 2. The maximum absolute atomic E-state index is 14.5. The van der Waals surface area contributed by atoms with Gasteiger partial charge in [0.25, 0.3) is 5.91 Å². The molecule has 9 heteroatoms. The first kappa shape index (κ1) is 26.5. The monoisotopic (exact) mass is 559 g/mol. The summed E-state index contributed by atoms with van der Waals surface area (Å²) in [6, 6.07) is 16.8. The molecule has 0 radical (unpaired) electrons. The second kappa shape index (κ2) is 10.3. The number of nitrogens with one attached hydrogen (secondary N) is 2. The van der Waals surface area contributed by atoms with Crippen LogP contribution in [0.25, 0.3) is 22.0 Å². The third-order valence-corrected chi connectivity index (χ3v) is 7.90. The number of rotatable bonds is 5. The zero-order valence-electron chi connectivity index (χ0n) is 22.7. The Morgan fingerprint density at radius 3 is 2.60 bits per heavy atom. The number of benzene rings is 3. The third-order valence-electron chi connectivity index (χ3n) is 7.64. The van der Waals surface area contributed by atoms with E-state index < -0.39 is 11.4 Å². The molecule has 206 valence electrons. The Labute approximate surface area is 237 Å². The first-order valence-corrected chi connectivity index (χ1v) is 13.9. The molecule has 0 unspecified atom stereocenters. The number of halogens is 2. The van der Waals surface area contributed by atoms with Crippen LogP contribution in [0.3, 0.4) is 0 Å². The number of piperidine rings is 1. The average molecular weight is 560 g/mol. The molecule has 3 heterocycles. The van der Waals surface area contributed by atoms with Crippen molar-refractivity contribution in [3.05, 3.63) is 76.7 Å². The van der Waals surface area contributed by atoms with Crippen molar-refractivity contribution in [3.8, 4) is 16.9 Å². The normalized spacial score (nSPS) is 17.3. The number of likely N-dealkylation sites (tertiary alicyclic amines) is 1. The number of hydrogen-bond acceptors (Lipinski definition) is 6. The van der Waals surface area contributed by atoms with E-state index in [1.807, 2.05) is 37.3 Å². The van der Waals surface area contributed by atoms with Crippen molar-refractivity contribution in [3.63, 3.8) is 0 Å². The fraction of sp³-hybridized carbons (Fsp3) is 0.323. The van der Waals surface area contributed by atoms with E-state index in [4.69, 9.17) is 26.3 Å². The van der Waals surface area contributed by atoms with E-state index in [-0.39, 0.29) is 5.91 Å². The van der Waals surface area contributed by atoms with Crippen LogP contribution >= 0.6 is 11.6 Å². The van der Waals surface area contributed by atoms with Gasteiger partial charge in [0.05, 0.1) is 16.9 Å². The van der Waals surface area contributed by atoms with Gasteiger partial charge in [0.2, 0.25) is 5.95 Å². The molecule has 0 saturated carbocycles. The van der Waals surface area contributed by atoms with Crippen molar-refractivity contribution in [2.24, 2.45) is 0 Å². The number of carbonyl (C=O) groups excluding carboxylic acids is 1. The summed E-state index contributed by atoms with van der Waals surface area (Å²) < 4.78 is 20.6. The first-order valence-electron chi connectivity index (χ1n) is 13.5. The van der Waals surface area contributed by atoms with Crippen molar-refractivity contribution in [2.75, 3.05) is 23.7 Å². The van der Waals surface area contributed by atoms with Crippen molar-refractivity contribution in [2.45, 2.75) is 51.8 Å². The van der Waals surface area contributed by atoms with Gasteiger partial charge < -0.3 is 15.4 Å². The Bertz CT molecular complexity index is 1600. The fourth-order valence-electron chi connectivity index (χ4n) is 5.36. The molecule has 7 nitrogen and oxygen atoms in total. The number of carbonyl (C=O) groups is 1. The van der Waals surface area contributed by atoms with Gasteiger partial charge in [0.15, 0.2) is 11.4 Å². The summed E-state index contributed by atoms with van der Waals surface area (Å²) in [5, 5.41) is 7.94. The van der Waals surface area contributed by atoms with Crippen molar-refractivity contribution in [1.82, 2.24) is 14.9 Å². The molecule has 2 N–H and O–H groups in total. The predicted molar refractivity (Wildman–Crippen MR) is 156 cm³/mol. The summed E-state index contributed by atoms with van der Waals surface area (Å²) in [5.41, 5.74) is 3.48. The van der Waals surface area contributed by atoms with Gasteiger partial charge in [-0.25, -0.2) is 14.4 Å². The molecule has 6 rings (SSSR count). The number of ether oxygens (including phenoxy) is 1. The summed E-state index contributed by atoms with van der Waals surface area (Å²) >= 11 is 6.01. The van der Waals surface area contributed by atoms with E-state index >= 15 is 0 Å². The molecule has 40 heavy (non-hydrogen) atoms. The number of nitrogens with zero attached hydrogens (tertiary/aromatic N) is 3. The Morgan fingerprint density at radius 2 is 1.85 bits per heavy atom. The second-order valence-corrected chi connectivity index (χ2v) is 11.5. The maximum atomic E-state index is 14.5. The van der Waals surface area contributed by atoms with E-state index in [9.17, 15) is 9.18 Å². The van der Waals surface area contributed by atoms with Gasteiger partial charge in [-0.3, -0.25) is 9.69 Å². The molecule has 2 aliphatic rings. The molecule has 0 atom stereocenters. The summed E-state index contributed by atoms with van der Waals surface area (Å²) in [6.07, 6.45) is 2.01. The number of aromatic nitrogens is 2. The zero-order chi connectivity index (χ0) is 28.0. The van der Waals surface area contributed by atoms with Crippen LogP contribution in [-0.2, 0) is 11.3 Å². The lowest BCUT2D eigenvalue weighted by molar-refractivity contribution is -0.129. The first-order chi connectivity index (χ1) is 19.1. The fourth-order valence-corrected chi connectivity index (χ4v) is 5.49. The number of anilines is 2. The molecular formula is C31H31ClFN5O2. The van der Waals surface area contributed by atoms with Gasteiger partial charge in [0, 0.05) is 47.7 Å². The van der Waals surface area contributed by atoms with Gasteiger partial charge in [-0.2, -0.15) is 0 Å². The van der Waals surface area contributed by atoms with Crippen molar-refractivity contribution >= 4 is 40.0 Å². The highest BCUT2D eigenvalue weighted by Crippen LogP contribution is 2.43. The molecule has 3 aromatic carbocycles. The third kappa shape index (κ3) is 5.33. The van der Waals surface area contributed by atoms with Crippen LogP contribution < -0.4 is 15.4 Å². The molecule has 1 fully saturated rings. The molecular weight excluding hydrogens is 529 g/mol. The lowest BCUT2D eigenvalue weighted by Crippen LogP contribution is -2.45. The topological polar surface area (TPSA) is 79.4 Å². The van der Waals surface area contributed by atoms with Crippen LogP contribution in [0.2, 0.25) is 5.02 Å². The molecule has 1 aromatic heterocycles. The zero-order valence-corrected chi connectivity index (χ0v) is 23.5. The molecule has 1 saturated heterocycles. The Kier molecular flexibility index (Phi) is 6.84. The van der Waals surface area contributed by atoms with E-state index in [1.165, 1.54) is 17.7 Å². The summed E-state index contributed by atoms with van der Waals surface area (Å²) in [4.78, 5) is 24.3. The second-order valence-electron chi connectivity index (χ2n) is 11.1. The maximum Gasteiger partial charge on any atom is 0.268 e. The minimum atomic E-state index is -1.07. The summed E-state index contributed by atoms with van der Waals surface area (Å²) in [7, 11) is 0. The lowest BCUT2D eigenvalue weighted by Gasteiger charge is -2.33. The van der Waals surface area contributed by atoms with Gasteiger partial charge in [-0.15, -0.1) is 0 Å². The highest BCUT2D eigenvalue weighted by Gasteiger charge is 2.37. The SMILES string of the molecule is Cc1nc(NC2CCN(Cc3ccc(Cl)cc3)CC2)nc2ccc(-c3cc(F)cc4c3OC(C)(C)C(=O)N4)cc12. The Morgan fingerprint density at radius 1 is 1.10 bits per heavy atom. The van der Waals surface area contributed by atoms with E-state index in [0.29, 0.717) is 29.0 Å². The van der Waals surface area contributed by atoms with Gasteiger partial charge >= 0.3 is 0 Å². The van der Waals surface area contributed by atoms with Crippen molar-refractivity contribution in [1.29, 1.82) is 0 Å². The van der Waals surface area contributed by atoms with Crippen LogP contribution in [0.15, 0.2) is 54.6 Å². The highest BCUT2D eigenvalue weighted by molar-refractivity contribution is 6.30. The Hall–Kier alpha value is -3.75. The molecule has 2 aliphatic heterocycles. The van der Waals surface area contributed by atoms with E-state index in [1.54, 1.807) is 13.8 Å². The lowest BCUT2D eigenvalue weighted by atomic mass is 9.98. The van der Waals surface area contributed by atoms with Crippen LogP contribution in [0.1, 0.15) is 37.9 Å². The number of fused-ring (bicyclic) bond motifs is 2. The number of amides is 1. The largest absolute Gasteiger partial charge is 0.475 e. The summed E-state index contributed by atoms with van der Waals surface area (Å²) in [6.45, 7) is 8.24. The van der Waals surface area contributed by atoms with Crippen LogP contribution in [0.4, 0.5) is 16.0 Å². The highest BCUT2D eigenvalue weighted by atomic mass is 35.5. The predicted octanol–water partition coefficient (Wildman–Crippen LogP) is 6.58. The van der Waals surface area contributed by atoms with Gasteiger partial charge in [-0.1, -0.05) is 29.8 Å². The van der Waals surface area contributed by atoms with Gasteiger partial charge in [-0.05, 0) is 75.1 Å². The number of aryl methyl sites for hydroxylation is 1. The van der Waals surface area contributed by atoms with Crippen LogP contribution in [0.5, 0.6) is 5.75 Å².